The summed E-state index contributed by atoms with van der Waals surface area (Å²) in [5, 5.41) is 0. The first-order chi connectivity index (χ1) is 13.4. The van der Waals surface area contributed by atoms with Gasteiger partial charge in [-0.05, 0) is 48.5 Å². The number of ether oxygens (including phenoxy) is 2. The lowest BCUT2D eigenvalue weighted by Crippen LogP contribution is -2.36. The zero-order valence-electron chi connectivity index (χ0n) is 15.4. The fraction of sp³-hybridized carbons (Fsp3) is 0.400. The quantitative estimate of drug-likeness (QED) is 0.731. The van der Waals surface area contributed by atoms with Crippen LogP contribution in [0.15, 0.2) is 48.5 Å². The smallest absolute Gasteiger partial charge is 0.526 e. The minimum atomic E-state index is 0.747. The van der Waals surface area contributed by atoms with E-state index in [0.29, 0.717) is 0 Å². The molecule has 1 radical (unpaired) electrons. The molecule has 6 nitrogen and oxygen atoms in total. The predicted molar refractivity (Wildman–Crippen MR) is 106 cm³/mol. The van der Waals surface area contributed by atoms with Crippen molar-refractivity contribution in [2.24, 2.45) is 0 Å². The van der Waals surface area contributed by atoms with Crippen LogP contribution < -0.4 is 19.1 Å². The van der Waals surface area contributed by atoms with Gasteiger partial charge in [0.05, 0.1) is 26.4 Å². The second-order valence-electron chi connectivity index (χ2n) is 6.52. The Labute approximate surface area is 160 Å². The highest BCUT2D eigenvalue weighted by Crippen LogP contribution is 2.22. The van der Waals surface area contributed by atoms with E-state index >= 15 is 0 Å². The summed E-state index contributed by atoms with van der Waals surface area (Å²) in [6.45, 7) is 6.83. The summed E-state index contributed by atoms with van der Waals surface area (Å²) < 4.78 is 21.9. The van der Waals surface area contributed by atoms with Crippen molar-refractivity contribution in [1.29, 1.82) is 0 Å². The maximum absolute atomic E-state index is 5.58. The van der Waals surface area contributed by atoms with Gasteiger partial charge in [0.1, 0.15) is 11.5 Å². The molecule has 2 heterocycles. The van der Waals surface area contributed by atoms with Gasteiger partial charge in [-0.25, -0.2) is 0 Å². The molecular formula is C20H24BN2O4. The molecule has 0 saturated carbocycles. The highest BCUT2D eigenvalue weighted by molar-refractivity contribution is 6.20. The third kappa shape index (κ3) is 4.87. The first kappa shape index (κ1) is 18.0. The van der Waals surface area contributed by atoms with Gasteiger partial charge in [-0.15, -0.1) is 0 Å². The normalized spacial score (nSPS) is 17.5. The van der Waals surface area contributed by atoms with Crippen molar-refractivity contribution in [3.05, 3.63) is 48.5 Å². The molecule has 2 saturated heterocycles. The standard InChI is InChI=1S/C20H24BN2O4/c1-5-19(6-2-17(1)22-9-13-24-14-10-22)26-21-27-20-7-3-18(4-8-20)23-11-15-25-16-12-23/h1-8H,9-16H2. The fourth-order valence-corrected chi connectivity index (χ4v) is 3.25. The lowest BCUT2D eigenvalue weighted by molar-refractivity contribution is 0.122. The Bertz CT molecular complexity index is 637. The second kappa shape index (κ2) is 9.02. The molecule has 0 N–H and O–H groups in total. The number of anilines is 2. The molecule has 7 heteroatoms. The van der Waals surface area contributed by atoms with Crippen LogP contribution in [0.25, 0.3) is 0 Å². The predicted octanol–water partition coefficient (Wildman–Crippen LogP) is 2.35. The number of nitrogens with zero attached hydrogens (tertiary/aromatic N) is 2. The molecule has 0 aromatic heterocycles. The Morgan fingerprint density at radius 3 is 1.33 bits per heavy atom. The second-order valence-corrected chi connectivity index (χ2v) is 6.52. The Morgan fingerprint density at radius 2 is 0.963 bits per heavy atom. The zero-order chi connectivity index (χ0) is 18.3. The van der Waals surface area contributed by atoms with Crippen molar-refractivity contribution < 1.29 is 18.8 Å². The van der Waals surface area contributed by atoms with E-state index in [9.17, 15) is 0 Å². The topological polar surface area (TPSA) is 43.4 Å². The lowest BCUT2D eigenvalue weighted by atomic mass is 10.2. The van der Waals surface area contributed by atoms with E-state index in [4.69, 9.17) is 18.8 Å². The van der Waals surface area contributed by atoms with E-state index in [1.165, 1.54) is 19.1 Å². The molecule has 2 aromatic carbocycles. The highest BCUT2D eigenvalue weighted by Gasteiger charge is 2.12. The van der Waals surface area contributed by atoms with Crippen LogP contribution in [0.3, 0.4) is 0 Å². The van der Waals surface area contributed by atoms with Crippen molar-refractivity contribution in [1.82, 2.24) is 0 Å². The molecule has 4 rings (SSSR count). The largest absolute Gasteiger partial charge is 0.658 e. The van der Waals surface area contributed by atoms with Gasteiger partial charge < -0.3 is 28.6 Å². The highest BCUT2D eigenvalue weighted by atomic mass is 16.6. The maximum Gasteiger partial charge on any atom is 0.658 e. The van der Waals surface area contributed by atoms with Crippen molar-refractivity contribution in [2.75, 3.05) is 62.4 Å². The minimum absolute atomic E-state index is 0.747. The Balaban J connectivity index is 1.24. The van der Waals surface area contributed by atoms with Crippen LogP contribution in [0.2, 0.25) is 0 Å². The summed E-state index contributed by atoms with van der Waals surface area (Å²) in [5.74, 6) is 1.49. The van der Waals surface area contributed by atoms with Crippen molar-refractivity contribution in [2.45, 2.75) is 0 Å². The molecule has 0 spiro atoms. The molecule has 0 unspecified atom stereocenters. The van der Waals surface area contributed by atoms with Crippen molar-refractivity contribution >= 4 is 19.1 Å². The van der Waals surface area contributed by atoms with Crippen LogP contribution in [0, 0.1) is 0 Å². The van der Waals surface area contributed by atoms with Crippen molar-refractivity contribution in [3.8, 4) is 11.5 Å². The van der Waals surface area contributed by atoms with Gasteiger partial charge in [0, 0.05) is 37.6 Å². The molecule has 0 amide bonds. The third-order valence-corrected chi connectivity index (χ3v) is 4.79. The number of morpholine rings is 2. The van der Waals surface area contributed by atoms with Crippen molar-refractivity contribution in [3.63, 3.8) is 0 Å². The molecule has 2 aromatic rings. The average molecular weight is 367 g/mol. The summed E-state index contributed by atoms with van der Waals surface area (Å²) in [4.78, 5) is 4.62. The average Bonchev–Trinajstić information content (AvgIpc) is 2.76. The SMILES string of the molecule is [B](Oc1ccc(N2CCOCC2)cc1)Oc1ccc(N2CCOCC2)cc1. The molecule has 27 heavy (non-hydrogen) atoms. The van der Waals surface area contributed by atoms with Gasteiger partial charge in [0.25, 0.3) is 0 Å². The van der Waals surface area contributed by atoms with Gasteiger partial charge in [-0.1, -0.05) is 0 Å². The summed E-state index contributed by atoms with van der Waals surface area (Å²) in [6.07, 6.45) is 0. The summed E-state index contributed by atoms with van der Waals surface area (Å²) in [7, 11) is 1.37. The van der Waals surface area contributed by atoms with Gasteiger partial charge in [-0.3, -0.25) is 0 Å². The molecular weight excluding hydrogens is 343 g/mol. The van der Waals surface area contributed by atoms with E-state index in [1.54, 1.807) is 0 Å². The van der Waals surface area contributed by atoms with Crippen LogP contribution in [0.5, 0.6) is 11.5 Å². The van der Waals surface area contributed by atoms with Crippen LogP contribution in [-0.2, 0) is 9.47 Å². The van der Waals surface area contributed by atoms with E-state index in [1.807, 2.05) is 24.3 Å². The first-order valence-electron chi connectivity index (χ1n) is 9.39. The Kier molecular flexibility index (Phi) is 6.01. The van der Waals surface area contributed by atoms with Gasteiger partial charge in [0.2, 0.25) is 0 Å². The van der Waals surface area contributed by atoms with Crippen LogP contribution >= 0.6 is 0 Å². The number of hydrogen-bond donors (Lipinski definition) is 0. The summed E-state index contributed by atoms with van der Waals surface area (Å²) in [6, 6.07) is 16.0. The molecule has 0 atom stereocenters. The summed E-state index contributed by atoms with van der Waals surface area (Å²) in [5.41, 5.74) is 2.37. The molecule has 2 fully saturated rings. The monoisotopic (exact) mass is 367 g/mol. The van der Waals surface area contributed by atoms with Gasteiger partial charge in [0.15, 0.2) is 0 Å². The van der Waals surface area contributed by atoms with E-state index in [2.05, 4.69) is 34.1 Å². The molecule has 2 aliphatic rings. The molecule has 0 aliphatic carbocycles. The van der Waals surface area contributed by atoms with Crippen LogP contribution in [-0.4, -0.2) is 60.3 Å². The van der Waals surface area contributed by atoms with Gasteiger partial charge >= 0.3 is 7.69 Å². The first-order valence-corrected chi connectivity index (χ1v) is 9.39. The molecule has 0 bridgehead atoms. The number of rotatable bonds is 6. The van der Waals surface area contributed by atoms with E-state index in [-0.39, 0.29) is 0 Å². The Hall–Kier alpha value is -2.38. The van der Waals surface area contributed by atoms with Gasteiger partial charge in [-0.2, -0.15) is 0 Å². The fourth-order valence-electron chi connectivity index (χ4n) is 3.25. The van der Waals surface area contributed by atoms with E-state index in [0.717, 1.165) is 64.1 Å². The summed E-state index contributed by atoms with van der Waals surface area (Å²) >= 11 is 0. The zero-order valence-corrected chi connectivity index (χ0v) is 15.4. The molecule has 2 aliphatic heterocycles. The Morgan fingerprint density at radius 1 is 0.593 bits per heavy atom. The number of benzene rings is 2. The van der Waals surface area contributed by atoms with Crippen LogP contribution in [0.4, 0.5) is 11.4 Å². The third-order valence-electron chi connectivity index (χ3n) is 4.79. The number of hydrogen-bond acceptors (Lipinski definition) is 6. The van der Waals surface area contributed by atoms with E-state index < -0.39 is 0 Å². The minimum Gasteiger partial charge on any atom is -0.526 e. The lowest BCUT2D eigenvalue weighted by Gasteiger charge is -2.29. The molecule has 141 valence electrons. The van der Waals surface area contributed by atoms with Crippen LogP contribution in [0.1, 0.15) is 0 Å². The maximum atomic E-state index is 5.58.